The molecule has 1 unspecified atom stereocenters. The third-order valence-corrected chi connectivity index (χ3v) is 4.02. The van der Waals surface area contributed by atoms with Crippen molar-refractivity contribution in [2.75, 3.05) is 6.54 Å². The van der Waals surface area contributed by atoms with Gasteiger partial charge in [0.2, 0.25) is 0 Å². The van der Waals surface area contributed by atoms with Gasteiger partial charge in [-0.1, -0.05) is 15.9 Å². The number of fused-ring (bicyclic) bond motifs is 1. The molecule has 3 aromatic rings. The molecular formula is C16H18BrN3O. The van der Waals surface area contributed by atoms with Crippen LogP contribution in [0.5, 0.6) is 0 Å². The monoisotopic (exact) mass is 347 g/mol. The Bertz CT molecular complexity index is 705. The lowest BCUT2D eigenvalue weighted by Crippen LogP contribution is -2.20. The Morgan fingerprint density at radius 1 is 1.38 bits per heavy atom. The second-order valence-corrected chi connectivity index (χ2v) is 6.08. The minimum absolute atomic E-state index is 0.207. The topological polar surface area (TPSA) is 43.0 Å². The molecule has 0 spiro atoms. The van der Waals surface area contributed by atoms with E-state index in [-0.39, 0.29) is 6.04 Å². The predicted octanol–water partition coefficient (Wildman–Crippen LogP) is 4.13. The summed E-state index contributed by atoms with van der Waals surface area (Å²) in [6.07, 6.45) is 6.70. The zero-order valence-electron chi connectivity index (χ0n) is 11.9. The van der Waals surface area contributed by atoms with Crippen LogP contribution >= 0.6 is 15.9 Å². The molecule has 5 heteroatoms. The molecule has 0 fully saturated rings. The van der Waals surface area contributed by atoms with Gasteiger partial charge in [0.25, 0.3) is 0 Å². The quantitative estimate of drug-likeness (QED) is 0.681. The molecule has 0 aliphatic heterocycles. The van der Waals surface area contributed by atoms with Crippen LogP contribution in [0.25, 0.3) is 11.0 Å². The summed E-state index contributed by atoms with van der Waals surface area (Å²) >= 11 is 3.48. The second kappa shape index (κ2) is 6.45. The lowest BCUT2D eigenvalue weighted by Gasteiger charge is -2.11. The Morgan fingerprint density at radius 3 is 3.10 bits per heavy atom. The molecule has 1 aromatic carbocycles. The van der Waals surface area contributed by atoms with Crippen LogP contribution in [0.2, 0.25) is 0 Å². The van der Waals surface area contributed by atoms with Crippen LogP contribution in [-0.4, -0.2) is 16.1 Å². The molecule has 21 heavy (non-hydrogen) atoms. The summed E-state index contributed by atoms with van der Waals surface area (Å²) < 4.78 is 9.05. The molecule has 0 amide bonds. The first-order valence-electron chi connectivity index (χ1n) is 7.10. The number of hydrogen-bond donors (Lipinski definition) is 1. The van der Waals surface area contributed by atoms with E-state index in [0.29, 0.717) is 0 Å². The highest BCUT2D eigenvalue weighted by Gasteiger charge is 2.11. The first-order valence-corrected chi connectivity index (χ1v) is 7.90. The number of benzene rings is 1. The Kier molecular flexibility index (Phi) is 4.41. The summed E-state index contributed by atoms with van der Waals surface area (Å²) in [7, 11) is 0. The van der Waals surface area contributed by atoms with Crippen molar-refractivity contribution in [3.8, 4) is 0 Å². The van der Waals surface area contributed by atoms with E-state index in [9.17, 15) is 0 Å². The van der Waals surface area contributed by atoms with Gasteiger partial charge in [0, 0.05) is 28.8 Å². The number of furan rings is 1. The van der Waals surface area contributed by atoms with E-state index in [1.165, 1.54) is 0 Å². The highest BCUT2D eigenvalue weighted by molar-refractivity contribution is 9.10. The molecule has 4 nitrogen and oxygen atoms in total. The van der Waals surface area contributed by atoms with Gasteiger partial charge in [0.15, 0.2) is 0 Å². The Morgan fingerprint density at radius 2 is 2.29 bits per heavy atom. The normalized spacial score (nSPS) is 12.9. The Balaban J connectivity index is 1.55. The molecule has 3 rings (SSSR count). The zero-order valence-corrected chi connectivity index (χ0v) is 13.5. The third-order valence-electron chi connectivity index (χ3n) is 3.53. The number of nitrogens with one attached hydrogen (secondary N) is 1. The van der Waals surface area contributed by atoms with Gasteiger partial charge in [0.05, 0.1) is 12.4 Å². The van der Waals surface area contributed by atoms with E-state index in [1.807, 2.05) is 30.9 Å². The summed E-state index contributed by atoms with van der Waals surface area (Å²) in [5, 5.41) is 4.63. The molecule has 1 N–H and O–H groups in total. The van der Waals surface area contributed by atoms with E-state index in [0.717, 1.165) is 40.7 Å². The number of aromatic nitrogens is 2. The SMILES string of the molecule is CC(NCCCn1ccnc1)c1cc2cc(Br)ccc2o1. The Hall–Kier alpha value is -1.59. The molecule has 2 aromatic heterocycles. The van der Waals surface area contributed by atoms with Crippen molar-refractivity contribution in [2.45, 2.75) is 25.9 Å². The van der Waals surface area contributed by atoms with E-state index >= 15 is 0 Å². The number of aryl methyl sites for hydroxylation is 1. The van der Waals surface area contributed by atoms with Gasteiger partial charge in [-0.15, -0.1) is 0 Å². The number of imidazole rings is 1. The summed E-state index contributed by atoms with van der Waals surface area (Å²) in [6.45, 7) is 4.05. The number of hydrogen-bond acceptors (Lipinski definition) is 3. The summed E-state index contributed by atoms with van der Waals surface area (Å²) in [5.74, 6) is 0.978. The van der Waals surface area contributed by atoms with Gasteiger partial charge in [-0.3, -0.25) is 0 Å². The summed E-state index contributed by atoms with van der Waals surface area (Å²) in [4.78, 5) is 4.04. The fourth-order valence-electron chi connectivity index (χ4n) is 2.35. The first-order chi connectivity index (χ1) is 10.2. The number of rotatable bonds is 6. The van der Waals surface area contributed by atoms with E-state index in [2.05, 4.69) is 49.9 Å². The molecule has 110 valence electrons. The molecule has 0 saturated carbocycles. The molecule has 0 radical (unpaired) electrons. The van der Waals surface area contributed by atoms with Crippen LogP contribution in [0.4, 0.5) is 0 Å². The van der Waals surface area contributed by atoms with Crippen LogP contribution in [-0.2, 0) is 6.54 Å². The molecule has 1 atom stereocenters. The smallest absolute Gasteiger partial charge is 0.134 e. The van der Waals surface area contributed by atoms with E-state index in [1.54, 1.807) is 0 Å². The average Bonchev–Trinajstić information content (AvgIpc) is 3.11. The maximum absolute atomic E-state index is 5.89. The van der Waals surface area contributed by atoms with Crippen molar-refractivity contribution < 1.29 is 4.42 Å². The molecular weight excluding hydrogens is 330 g/mol. The fraction of sp³-hybridized carbons (Fsp3) is 0.312. The van der Waals surface area contributed by atoms with E-state index in [4.69, 9.17) is 4.42 Å². The number of halogens is 1. The predicted molar refractivity (Wildman–Crippen MR) is 87.2 cm³/mol. The van der Waals surface area contributed by atoms with Crippen molar-refractivity contribution in [3.05, 3.63) is 53.2 Å². The maximum Gasteiger partial charge on any atom is 0.134 e. The Labute approximate surface area is 132 Å². The van der Waals surface area contributed by atoms with Gasteiger partial charge in [-0.25, -0.2) is 4.98 Å². The van der Waals surface area contributed by atoms with Crippen LogP contribution in [0, 0.1) is 0 Å². The maximum atomic E-state index is 5.89. The molecule has 0 aliphatic rings. The highest BCUT2D eigenvalue weighted by Crippen LogP contribution is 2.26. The first kappa shape index (κ1) is 14.4. The van der Waals surface area contributed by atoms with Gasteiger partial charge in [0.1, 0.15) is 11.3 Å². The lowest BCUT2D eigenvalue weighted by atomic mass is 10.2. The molecule has 0 aliphatic carbocycles. The fourth-order valence-corrected chi connectivity index (χ4v) is 2.73. The van der Waals surface area contributed by atoms with Crippen LogP contribution < -0.4 is 5.32 Å². The summed E-state index contributed by atoms with van der Waals surface area (Å²) in [5.41, 5.74) is 0.931. The number of nitrogens with zero attached hydrogens (tertiary/aromatic N) is 2. The summed E-state index contributed by atoms with van der Waals surface area (Å²) in [6, 6.07) is 8.38. The van der Waals surface area contributed by atoms with Crippen LogP contribution in [0.3, 0.4) is 0 Å². The molecule has 0 bridgehead atoms. The van der Waals surface area contributed by atoms with E-state index < -0.39 is 0 Å². The standard InChI is InChI=1S/C16H18BrN3O/c1-12(19-5-2-7-20-8-6-18-11-20)16-10-13-9-14(17)3-4-15(13)21-16/h3-4,6,8-12,19H,2,5,7H2,1H3. The van der Waals surface area contributed by atoms with Gasteiger partial charge >= 0.3 is 0 Å². The van der Waals surface area contributed by atoms with Gasteiger partial charge < -0.3 is 14.3 Å². The molecule has 0 saturated heterocycles. The van der Waals surface area contributed by atoms with Crippen LogP contribution in [0.15, 0.2) is 51.9 Å². The van der Waals surface area contributed by atoms with Crippen molar-refractivity contribution >= 4 is 26.9 Å². The zero-order chi connectivity index (χ0) is 14.7. The van der Waals surface area contributed by atoms with Gasteiger partial charge in [-0.05, 0) is 44.2 Å². The van der Waals surface area contributed by atoms with Crippen molar-refractivity contribution in [3.63, 3.8) is 0 Å². The minimum atomic E-state index is 0.207. The minimum Gasteiger partial charge on any atom is -0.459 e. The second-order valence-electron chi connectivity index (χ2n) is 5.16. The van der Waals surface area contributed by atoms with Crippen molar-refractivity contribution in [2.24, 2.45) is 0 Å². The van der Waals surface area contributed by atoms with Crippen molar-refractivity contribution in [1.82, 2.24) is 14.9 Å². The molecule has 2 heterocycles. The third kappa shape index (κ3) is 3.54. The van der Waals surface area contributed by atoms with Crippen molar-refractivity contribution in [1.29, 1.82) is 0 Å². The largest absolute Gasteiger partial charge is 0.459 e. The van der Waals surface area contributed by atoms with Gasteiger partial charge in [-0.2, -0.15) is 0 Å². The lowest BCUT2D eigenvalue weighted by molar-refractivity contribution is 0.442. The highest BCUT2D eigenvalue weighted by atomic mass is 79.9. The average molecular weight is 348 g/mol. The van der Waals surface area contributed by atoms with Crippen LogP contribution in [0.1, 0.15) is 25.1 Å².